The van der Waals surface area contributed by atoms with Gasteiger partial charge in [-0.2, -0.15) is 0 Å². The Balaban J connectivity index is 1.79. The van der Waals surface area contributed by atoms with Crippen LogP contribution in [0, 0.1) is 5.92 Å². The summed E-state index contributed by atoms with van der Waals surface area (Å²) in [5.41, 5.74) is 3.31. The van der Waals surface area contributed by atoms with E-state index in [1.807, 2.05) is 59.5 Å². The number of benzene rings is 3. The number of carbonyl (C=O) groups excluding carboxylic acids is 2. The van der Waals surface area contributed by atoms with E-state index in [1.165, 1.54) is 0 Å². The number of amides is 2. The molecule has 3 N–H and O–H groups in total. The van der Waals surface area contributed by atoms with E-state index < -0.39 is 5.97 Å². The molecule has 0 heterocycles. The molecule has 0 fully saturated rings. The molecule has 0 radical (unpaired) electrons. The maximum absolute atomic E-state index is 13.1. The lowest BCUT2D eigenvalue weighted by atomic mass is 10.0. The molecule has 0 bridgehead atoms. The summed E-state index contributed by atoms with van der Waals surface area (Å²) in [6.45, 7) is 1.84. The number of hydrogen-bond donors (Lipinski definition) is 3. The number of carboxylic acids is 1. The van der Waals surface area contributed by atoms with Gasteiger partial charge in [0.05, 0.1) is 6.42 Å². The van der Waals surface area contributed by atoms with Crippen LogP contribution in [0.3, 0.4) is 0 Å². The van der Waals surface area contributed by atoms with E-state index in [4.69, 9.17) is 23.2 Å². The minimum Gasteiger partial charge on any atom is -0.481 e. The molecule has 0 saturated heterocycles. The van der Waals surface area contributed by atoms with Gasteiger partial charge in [-0.15, -0.1) is 0 Å². The summed E-state index contributed by atoms with van der Waals surface area (Å²) in [7, 11) is 0. The third-order valence-corrected chi connectivity index (χ3v) is 6.66. The molecule has 38 heavy (non-hydrogen) atoms. The van der Waals surface area contributed by atoms with Crippen molar-refractivity contribution in [3.8, 4) is 0 Å². The average Bonchev–Trinajstić information content (AvgIpc) is 2.89. The third kappa shape index (κ3) is 9.49. The molecule has 0 saturated carbocycles. The minimum atomic E-state index is -0.953. The van der Waals surface area contributed by atoms with Gasteiger partial charge in [-0.25, -0.2) is 0 Å². The van der Waals surface area contributed by atoms with Gasteiger partial charge in [-0.1, -0.05) is 77.8 Å². The van der Waals surface area contributed by atoms with Crippen molar-refractivity contribution in [1.82, 2.24) is 15.5 Å². The summed E-state index contributed by atoms with van der Waals surface area (Å²) in [5, 5.41) is 16.0. The second-order valence-corrected chi connectivity index (χ2v) is 9.89. The van der Waals surface area contributed by atoms with Crippen LogP contribution in [-0.4, -0.2) is 47.9 Å². The van der Waals surface area contributed by atoms with Crippen molar-refractivity contribution in [2.24, 2.45) is 5.92 Å². The Labute approximate surface area is 232 Å². The lowest BCUT2D eigenvalue weighted by molar-refractivity contribution is -0.138. The molecule has 3 rings (SSSR count). The zero-order chi connectivity index (χ0) is 27.3. The fourth-order valence-corrected chi connectivity index (χ4v) is 4.75. The van der Waals surface area contributed by atoms with Crippen LogP contribution in [-0.2, 0) is 29.1 Å². The summed E-state index contributed by atoms with van der Waals surface area (Å²) >= 11 is 12.5. The molecule has 1 atom stereocenters. The number of carbonyl (C=O) groups is 3. The van der Waals surface area contributed by atoms with Gasteiger partial charge in [-0.3, -0.25) is 19.3 Å². The molecule has 0 spiro atoms. The topological polar surface area (TPSA) is 98.7 Å². The standard InChI is InChI=1S/C29H31Cl2N3O4/c30-25-11-10-24(27(31)15-25)19-34(17-22(14-28(36)37)16-32-20-35)18-23-8-4-5-9-26(23)29(38)33-13-12-21-6-2-1-3-7-21/h1-11,15,20,22H,12-14,16-19H2,(H,32,35)(H,33,38)(H,36,37). The third-order valence-electron chi connectivity index (χ3n) is 6.08. The van der Waals surface area contributed by atoms with Gasteiger partial charge >= 0.3 is 5.97 Å². The van der Waals surface area contributed by atoms with E-state index in [0.29, 0.717) is 48.2 Å². The van der Waals surface area contributed by atoms with Gasteiger partial charge in [0, 0.05) is 48.3 Å². The van der Waals surface area contributed by atoms with Gasteiger partial charge < -0.3 is 15.7 Å². The Hall–Kier alpha value is -3.39. The van der Waals surface area contributed by atoms with Crippen LogP contribution >= 0.6 is 23.2 Å². The number of nitrogens with zero attached hydrogens (tertiary/aromatic N) is 1. The molecule has 2 amide bonds. The molecule has 9 heteroatoms. The Morgan fingerprint density at radius 1 is 0.947 bits per heavy atom. The first-order valence-electron chi connectivity index (χ1n) is 12.3. The summed E-state index contributed by atoms with van der Waals surface area (Å²) < 4.78 is 0. The number of hydrogen-bond acceptors (Lipinski definition) is 4. The minimum absolute atomic E-state index is 0.118. The molecular weight excluding hydrogens is 525 g/mol. The Morgan fingerprint density at radius 3 is 2.37 bits per heavy atom. The summed E-state index contributed by atoms with van der Waals surface area (Å²) in [4.78, 5) is 37.5. The largest absolute Gasteiger partial charge is 0.481 e. The van der Waals surface area contributed by atoms with E-state index in [-0.39, 0.29) is 24.8 Å². The Morgan fingerprint density at radius 2 is 1.66 bits per heavy atom. The van der Waals surface area contributed by atoms with E-state index in [0.717, 1.165) is 23.1 Å². The van der Waals surface area contributed by atoms with Crippen LogP contribution in [0.1, 0.15) is 33.5 Å². The fraction of sp³-hybridized carbons (Fsp3) is 0.276. The zero-order valence-electron chi connectivity index (χ0n) is 20.9. The van der Waals surface area contributed by atoms with Crippen LogP contribution in [0.25, 0.3) is 0 Å². The maximum atomic E-state index is 13.1. The first-order valence-corrected chi connectivity index (χ1v) is 13.1. The van der Waals surface area contributed by atoms with Crippen molar-refractivity contribution in [1.29, 1.82) is 0 Å². The van der Waals surface area contributed by atoms with Crippen LogP contribution in [0.5, 0.6) is 0 Å². The highest BCUT2D eigenvalue weighted by molar-refractivity contribution is 6.35. The van der Waals surface area contributed by atoms with Crippen LogP contribution in [0.4, 0.5) is 0 Å². The maximum Gasteiger partial charge on any atom is 0.303 e. The van der Waals surface area contributed by atoms with Crippen LogP contribution in [0.15, 0.2) is 72.8 Å². The number of halogens is 2. The second-order valence-electron chi connectivity index (χ2n) is 9.04. The van der Waals surface area contributed by atoms with Crippen molar-refractivity contribution in [3.05, 3.63) is 105 Å². The molecule has 3 aromatic carbocycles. The predicted molar refractivity (Wildman–Crippen MR) is 149 cm³/mol. The van der Waals surface area contributed by atoms with Crippen molar-refractivity contribution in [2.45, 2.75) is 25.9 Å². The summed E-state index contributed by atoms with van der Waals surface area (Å²) in [6.07, 6.45) is 1.16. The molecule has 0 aliphatic carbocycles. The number of aliphatic carboxylic acids is 1. The zero-order valence-corrected chi connectivity index (χ0v) is 22.4. The molecular formula is C29H31Cl2N3O4. The van der Waals surface area contributed by atoms with Gasteiger partial charge in [-0.05, 0) is 47.2 Å². The van der Waals surface area contributed by atoms with E-state index in [9.17, 15) is 19.5 Å². The van der Waals surface area contributed by atoms with Gasteiger partial charge in [0.1, 0.15) is 0 Å². The van der Waals surface area contributed by atoms with E-state index in [2.05, 4.69) is 10.6 Å². The number of nitrogens with one attached hydrogen (secondary N) is 2. The molecule has 200 valence electrons. The highest BCUT2D eigenvalue weighted by Gasteiger charge is 2.21. The fourth-order valence-electron chi connectivity index (χ4n) is 4.28. The van der Waals surface area contributed by atoms with Crippen molar-refractivity contribution < 1.29 is 19.5 Å². The lowest BCUT2D eigenvalue weighted by Crippen LogP contribution is -2.36. The van der Waals surface area contributed by atoms with Gasteiger partial charge in [0.2, 0.25) is 6.41 Å². The van der Waals surface area contributed by atoms with Gasteiger partial charge in [0.25, 0.3) is 5.91 Å². The lowest BCUT2D eigenvalue weighted by Gasteiger charge is -2.28. The average molecular weight is 556 g/mol. The Bertz CT molecular complexity index is 1220. The molecule has 0 aromatic heterocycles. The van der Waals surface area contributed by atoms with Crippen molar-refractivity contribution >= 4 is 41.5 Å². The number of carboxylic acid groups (broad SMARTS) is 1. The Kier molecular flexibility index (Phi) is 11.6. The van der Waals surface area contributed by atoms with Crippen molar-refractivity contribution in [3.63, 3.8) is 0 Å². The van der Waals surface area contributed by atoms with Gasteiger partial charge in [0.15, 0.2) is 0 Å². The van der Waals surface area contributed by atoms with Crippen molar-refractivity contribution in [2.75, 3.05) is 19.6 Å². The molecule has 0 aliphatic heterocycles. The molecule has 3 aromatic rings. The molecule has 0 aliphatic rings. The molecule has 7 nitrogen and oxygen atoms in total. The second kappa shape index (κ2) is 15.1. The summed E-state index contributed by atoms with van der Waals surface area (Å²) in [5.74, 6) is -1.48. The van der Waals surface area contributed by atoms with Crippen LogP contribution < -0.4 is 10.6 Å². The van der Waals surface area contributed by atoms with E-state index >= 15 is 0 Å². The SMILES string of the molecule is O=CNCC(CC(=O)O)CN(Cc1ccc(Cl)cc1Cl)Cc1ccccc1C(=O)NCCc1ccccc1. The first-order chi connectivity index (χ1) is 18.4. The molecule has 1 unspecified atom stereocenters. The number of rotatable bonds is 15. The first kappa shape index (κ1) is 29.2. The quantitative estimate of drug-likeness (QED) is 0.234. The summed E-state index contributed by atoms with van der Waals surface area (Å²) in [6, 6.07) is 22.5. The van der Waals surface area contributed by atoms with Crippen LogP contribution in [0.2, 0.25) is 10.0 Å². The highest BCUT2D eigenvalue weighted by atomic mass is 35.5. The highest BCUT2D eigenvalue weighted by Crippen LogP contribution is 2.24. The smallest absolute Gasteiger partial charge is 0.303 e. The normalized spacial score (nSPS) is 11.7. The predicted octanol–water partition coefficient (Wildman–Crippen LogP) is 4.81. The van der Waals surface area contributed by atoms with E-state index in [1.54, 1.807) is 18.2 Å². The monoisotopic (exact) mass is 555 g/mol.